The Morgan fingerprint density at radius 3 is 2.83 bits per heavy atom. The van der Waals surface area contributed by atoms with Crippen LogP contribution in [0.1, 0.15) is 34.1 Å². The number of hydrogen-bond donors (Lipinski definition) is 0. The van der Waals surface area contributed by atoms with Gasteiger partial charge in [0.2, 0.25) is 0 Å². The minimum absolute atomic E-state index is 0.319. The van der Waals surface area contributed by atoms with E-state index in [4.69, 9.17) is 0 Å². The summed E-state index contributed by atoms with van der Waals surface area (Å²) in [6.45, 7) is 7.46. The lowest BCUT2D eigenvalue weighted by Gasteiger charge is -2.25. The highest BCUT2D eigenvalue weighted by molar-refractivity contribution is 7.11. The summed E-state index contributed by atoms with van der Waals surface area (Å²) in [6, 6.07) is 7.05. The molecule has 0 aliphatic carbocycles. The first-order valence-corrected chi connectivity index (χ1v) is 7.13. The third kappa shape index (κ3) is 1.90. The van der Waals surface area contributed by atoms with Crippen molar-refractivity contribution in [2.75, 3.05) is 11.4 Å². The van der Waals surface area contributed by atoms with Crippen LogP contribution in [0.25, 0.3) is 0 Å². The number of aromatic nitrogens is 2. The molecule has 1 aromatic heterocycles. The van der Waals surface area contributed by atoms with Gasteiger partial charge in [-0.1, -0.05) is 23.5 Å². The summed E-state index contributed by atoms with van der Waals surface area (Å²) in [5, 5.41) is 10.6. The highest BCUT2D eigenvalue weighted by Gasteiger charge is 2.26. The van der Waals surface area contributed by atoms with E-state index in [-0.39, 0.29) is 0 Å². The molecule has 0 bridgehead atoms. The van der Waals surface area contributed by atoms with Gasteiger partial charge in [0.15, 0.2) is 0 Å². The van der Waals surface area contributed by atoms with Crippen LogP contribution in [-0.4, -0.2) is 16.7 Å². The Morgan fingerprint density at radius 1 is 1.28 bits per heavy atom. The molecule has 0 fully saturated rings. The molecule has 0 saturated heterocycles. The second-order valence-electron chi connectivity index (χ2n) is 4.91. The van der Waals surface area contributed by atoms with E-state index in [0.717, 1.165) is 23.0 Å². The van der Waals surface area contributed by atoms with Crippen molar-refractivity contribution in [3.63, 3.8) is 0 Å². The molecule has 1 atom stereocenters. The van der Waals surface area contributed by atoms with Gasteiger partial charge >= 0.3 is 0 Å². The predicted octanol–water partition coefficient (Wildman–Crippen LogP) is 3.28. The van der Waals surface area contributed by atoms with Crippen LogP contribution in [0.15, 0.2) is 18.2 Å². The van der Waals surface area contributed by atoms with Crippen LogP contribution in [0.2, 0.25) is 0 Å². The van der Waals surface area contributed by atoms with E-state index in [9.17, 15) is 0 Å². The van der Waals surface area contributed by atoms with Gasteiger partial charge in [-0.3, -0.25) is 0 Å². The molecular weight excluding hydrogens is 242 g/mol. The standard InChI is InChI=1S/C14H17N3S/c1-9-4-5-12-6-7-17(13(12)8-9)10(2)14-16-15-11(3)18-14/h4-5,8,10H,6-7H2,1-3H3. The lowest BCUT2D eigenvalue weighted by molar-refractivity contribution is 0.682. The van der Waals surface area contributed by atoms with Crippen LogP contribution in [-0.2, 0) is 6.42 Å². The fraction of sp³-hybridized carbons (Fsp3) is 0.429. The molecule has 1 unspecified atom stereocenters. The van der Waals surface area contributed by atoms with E-state index in [1.165, 1.54) is 16.8 Å². The Labute approximate surface area is 111 Å². The highest BCUT2D eigenvalue weighted by atomic mass is 32.1. The zero-order valence-electron chi connectivity index (χ0n) is 11.0. The van der Waals surface area contributed by atoms with Crippen LogP contribution >= 0.6 is 11.3 Å². The molecule has 4 heteroatoms. The zero-order valence-corrected chi connectivity index (χ0v) is 11.8. The van der Waals surface area contributed by atoms with E-state index >= 15 is 0 Å². The molecule has 0 saturated carbocycles. The first-order chi connectivity index (χ1) is 8.65. The molecule has 1 aliphatic heterocycles. The smallest absolute Gasteiger partial charge is 0.139 e. The first-order valence-electron chi connectivity index (χ1n) is 6.31. The summed E-state index contributed by atoms with van der Waals surface area (Å²) in [7, 11) is 0. The molecule has 2 heterocycles. The largest absolute Gasteiger partial charge is 0.362 e. The van der Waals surface area contributed by atoms with Crippen molar-refractivity contribution in [2.45, 2.75) is 33.2 Å². The second kappa shape index (κ2) is 4.35. The number of aryl methyl sites for hydroxylation is 2. The summed E-state index contributed by atoms with van der Waals surface area (Å²) in [6.07, 6.45) is 1.14. The predicted molar refractivity (Wildman–Crippen MR) is 75.3 cm³/mol. The van der Waals surface area contributed by atoms with E-state index in [1.54, 1.807) is 11.3 Å². The number of benzene rings is 1. The van der Waals surface area contributed by atoms with Crippen molar-refractivity contribution < 1.29 is 0 Å². The van der Waals surface area contributed by atoms with Gasteiger partial charge in [-0.05, 0) is 44.4 Å². The van der Waals surface area contributed by atoms with Crippen LogP contribution < -0.4 is 4.90 Å². The summed E-state index contributed by atoms with van der Waals surface area (Å²) in [5.41, 5.74) is 4.14. The minimum atomic E-state index is 0.319. The number of rotatable bonds is 2. The van der Waals surface area contributed by atoms with Gasteiger partial charge in [0.05, 0.1) is 6.04 Å². The fourth-order valence-corrected chi connectivity index (χ4v) is 3.29. The molecule has 0 N–H and O–H groups in total. The Balaban J connectivity index is 1.94. The normalized spacial score (nSPS) is 15.8. The van der Waals surface area contributed by atoms with Gasteiger partial charge in [-0.15, -0.1) is 10.2 Å². The highest BCUT2D eigenvalue weighted by Crippen LogP contribution is 2.36. The molecule has 3 nitrogen and oxygen atoms in total. The van der Waals surface area contributed by atoms with E-state index in [0.29, 0.717) is 6.04 Å². The second-order valence-corrected chi connectivity index (χ2v) is 6.12. The third-order valence-electron chi connectivity index (χ3n) is 3.54. The Bertz CT molecular complexity index is 576. The van der Waals surface area contributed by atoms with Gasteiger partial charge in [0, 0.05) is 12.2 Å². The summed E-state index contributed by atoms with van der Waals surface area (Å²) < 4.78 is 0. The first kappa shape index (κ1) is 11.7. The maximum absolute atomic E-state index is 4.28. The maximum atomic E-state index is 4.28. The minimum Gasteiger partial charge on any atom is -0.362 e. The number of fused-ring (bicyclic) bond motifs is 1. The lowest BCUT2D eigenvalue weighted by Crippen LogP contribution is -2.24. The maximum Gasteiger partial charge on any atom is 0.139 e. The number of nitrogens with zero attached hydrogens (tertiary/aromatic N) is 3. The Hall–Kier alpha value is -1.42. The molecule has 0 radical (unpaired) electrons. The van der Waals surface area contributed by atoms with E-state index in [1.807, 2.05) is 6.92 Å². The fourth-order valence-electron chi connectivity index (χ4n) is 2.53. The van der Waals surface area contributed by atoms with Crippen LogP contribution in [0.3, 0.4) is 0 Å². The van der Waals surface area contributed by atoms with Crippen molar-refractivity contribution in [2.24, 2.45) is 0 Å². The summed E-state index contributed by atoms with van der Waals surface area (Å²) in [5.74, 6) is 0. The van der Waals surface area contributed by atoms with Gasteiger partial charge in [0.1, 0.15) is 10.0 Å². The van der Waals surface area contributed by atoms with Gasteiger partial charge in [-0.2, -0.15) is 0 Å². The van der Waals surface area contributed by atoms with Gasteiger partial charge < -0.3 is 4.90 Å². The van der Waals surface area contributed by atoms with Crippen molar-refractivity contribution in [1.29, 1.82) is 0 Å². The number of anilines is 1. The lowest BCUT2D eigenvalue weighted by atomic mass is 10.1. The summed E-state index contributed by atoms with van der Waals surface area (Å²) in [4.78, 5) is 2.45. The zero-order chi connectivity index (χ0) is 12.7. The van der Waals surface area contributed by atoms with Crippen molar-refractivity contribution in [3.8, 4) is 0 Å². The average molecular weight is 259 g/mol. The molecule has 1 aromatic carbocycles. The van der Waals surface area contributed by atoms with Gasteiger partial charge in [0.25, 0.3) is 0 Å². The monoisotopic (exact) mass is 259 g/mol. The molecule has 3 rings (SSSR count). The van der Waals surface area contributed by atoms with Crippen LogP contribution in [0.5, 0.6) is 0 Å². The molecule has 1 aliphatic rings. The molecule has 18 heavy (non-hydrogen) atoms. The van der Waals surface area contributed by atoms with E-state index in [2.05, 4.69) is 47.1 Å². The third-order valence-corrected chi connectivity index (χ3v) is 4.55. The van der Waals surface area contributed by atoms with Crippen molar-refractivity contribution in [3.05, 3.63) is 39.3 Å². The van der Waals surface area contributed by atoms with E-state index < -0.39 is 0 Å². The molecule has 2 aromatic rings. The summed E-state index contributed by atoms with van der Waals surface area (Å²) >= 11 is 1.70. The SMILES string of the molecule is Cc1ccc2c(c1)N(C(C)c1nnc(C)s1)CC2. The molecule has 0 amide bonds. The van der Waals surface area contributed by atoms with Gasteiger partial charge in [-0.25, -0.2) is 0 Å². The van der Waals surface area contributed by atoms with Crippen molar-refractivity contribution >= 4 is 17.0 Å². The van der Waals surface area contributed by atoms with Crippen molar-refractivity contribution in [1.82, 2.24) is 10.2 Å². The Kier molecular flexibility index (Phi) is 2.82. The van der Waals surface area contributed by atoms with Crippen LogP contribution in [0.4, 0.5) is 5.69 Å². The Morgan fingerprint density at radius 2 is 2.11 bits per heavy atom. The molecule has 94 valence electrons. The molecule has 0 spiro atoms. The molecular formula is C14H17N3S. The quantitative estimate of drug-likeness (QED) is 0.828. The number of hydrogen-bond acceptors (Lipinski definition) is 4. The van der Waals surface area contributed by atoms with Crippen LogP contribution in [0, 0.1) is 13.8 Å². The average Bonchev–Trinajstić information content (AvgIpc) is 2.94. The topological polar surface area (TPSA) is 29.0 Å².